The van der Waals surface area contributed by atoms with E-state index in [9.17, 15) is 0 Å². The van der Waals surface area contributed by atoms with Gasteiger partial charge in [-0.05, 0) is 116 Å². The highest BCUT2D eigenvalue weighted by molar-refractivity contribution is 6.24. The second-order valence-corrected chi connectivity index (χ2v) is 19.1. The molecule has 0 aliphatic heterocycles. The van der Waals surface area contributed by atoms with E-state index in [0.29, 0.717) is 17.5 Å². The second kappa shape index (κ2) is 15.3. The lowest BCUT2D eigenvalue weighted by atomic mass is 10.0. The molecule has 6 heteroatoms. The number of benzene rings is 12. The van der Waals surface area contributed by atoms with Crippen LogP contribution in [0, 0.1) is 0 Å². The SMILES string of the molecule is c1ccc(-n2c3ccccc3c3c(-c4nc(-c5ccc6c(c5)oc5ccc7ccc(-n8c9cc%10ccccc%10cc9c9c%10ccccc%10ccc98)cc7c56)nc(-c5cccc6ccccc56)n4)cccc32)cc1. The predicted molar refractivity (Wildman–Crippen MR) is 302 cm³/mol. The Hall–Kier alpha value is -9.91. The van der Waals surface area contributed by atoms with Crippen LogP contribution >= 0.6 is 0 Å². The van der Waals surface area contributed by atoms with Crippen LogP contribution < -0.4 is 0 Å². The minimum Gasteiger partial charge on any atom is -0.456 e. The van der Waals surface area contributed by atoms with Gasteiger partial charge in [0.25, 0.3) is 0 Å². The van der Waals surface area contributed by atoms with E-state index in [-0.39, 0.29) is 0 Å². The van der Waals surface area contributed by atoms with Crippen LogP contribution in [0.3, 0.4) is 0 Å². The average Bonchev–Trinajstić information content (AvgIpc) is 4.12. The molecule has 73 heavy (non-hydrogen) atoms. The van der Waals surface area contributed by atoms with Gasteiger partial charge in [0, 0.05) is 60.4 Å². The van der Waals surface area contributed by atoms with E-state index in [1.165, 1.54) is 43.4 Å². The van der Waals surface area contributed by atoms with Gasteiger partial charge in [0.15, 0.2) is 17.5 Å². The van der Waals surface area contributed by atoms with Crippen LogP contribution in [0.15, 0.2) is 241 Å². The van der Waals surface area contributed by atoms with Gasteiger partial charge in [0.2, 0.25) is 0 Å². The molecule has 16 aromatic rings. The van der Waals surface area contributed by atoms with Gasteiger partial charge < -0.3 is 13.6 Å². The first-order valence-electron chi connectivity index (χ1n) is 24.8. The van der Waals surface area contributed by atoms with Crippen LogP contribution in [0.5, 0.6) is 0 Å². The minimum absolute atomic E-state index is 0.567. The van der Waals surface area contributed by atoms with Crippen molar-refractivity contribution in [3.8, 4) is 45.5 Å². The predicted octanol–water partition coefficient (Wildman–Crippen LogP) is 17.6. The molecular weight excluding hydrogens is 891 g/mol. The normalized spacial score (nSPS) is 12.1. The van der Waals surface area contributed by atoms with Gasteiger partial charge >= 0.3 is 0 Å². The highest BCUT2D eigenvalue weighted by Gasteiger charge is 2.22. The van der Waals surface area contributed by atoms with Crippen molar-refractivity contribution in [3.05, 3.63) is 237 Å². The molecule has 0 fully saturated rings. The molecule has 0 aliphatic carbocycles. The van der Waals surface area contributed by atoms with Crippen LogP contribution in [0.25, 0.3) is 154 Å². The van der Waals surface area contributed by atoms with Crippen molar-refractivity contribution in [2.45, 2.75) is 0 Å². The quantitative estimate of drug-likeness (QED) is 0.173. The largest absolute Gasteiger partial charge is 0.456 e. The second-order valence-electron chi connectivity index (χ2n) is 19.1. The van der Waals surface area contributed by atoms with Gasteiger partial charge in [0.05, 0.1) is 22.1 Å². The summed E-state index contributed by atoms with van der Waals surface area (Å²) in [6, 6.07) is 84.5. The molecule has 0 saturated heterocycles. The third-order valence-electron chi connectivity index (χ3n) is 15.1. The van der Waals surface area contributed by atoms with Gasteiger partial charge in [0.1, 0.15) is 11.2 Å². The van der Waals surface area contributed by atoms with Crippen molar-refractivity contribution in [3.63, 3.8) is 0 Å². The van der Waals surface area contributed by atoms with E-state index >= 15 is 0 Å². The lowest BCUT2D eigenvalue weighted by Crippen LogP contribution is -2.01. The Morgan fingerprint density at radius 2 is 0.877 bits per heavy atom. The van der Waals surface area contributed by atoms with Gasteiger partial charge in [-0.15, -0.1) is 0 Å². The highest BCUT2D eigenvalue weighted by Crippen LogP contribution is 2.43. The molecule has 0 N–H and O–H groups in total. The minimum atomic E-state index is 0.567. The zero-order chi connectivity index (χ0) is 47.7. The van der Waals surface area contributed by atoms with Gasteiger partial charge in [-0.3, -0.25) is 0 Å². The first-order chi connectivity index (χ1) is 36.2. The molecule has 0 radical (unpaired) electrons. The van der Waals surface area contributed by atoms with Gasteiger partial charge in [-0.2, -0.15) is 0 Å². The average molecular weight is 930 g/mol. The lowest BCUT2D eigenvalue weighted by Gasteiger charge is -2.12. The maximum Gasteiger partial charge on any atom is 0.164 e. The molecule has 4 aromatic heterocycles. The Kier molecular flexibility index (Phi) is 8.36. The molecule has 16 rings (SSSR count). The number of hydrogen-bond acceptors (Lipinski definition) is 4. The van der Waals surface area contributed by atoms with Crippen molar-refractivity contribution in [2.75, 3.05) is 0 Å². The summed E-state index contributed by atoms with van der Waals surface area (Å²) in [5.41, 5.74) is 11.0. The van der Waals surface area contributed by atoms with Crippen LogP contribution in [0.4, 0.5) is 0 Å². The number of nitrogens with zero attached hydrogens (tertiary/aromatic N) is 5. The van der Waals surface area contributed by atoms with Crippen molar-refractivity contribution in [1.29, 1.82) is 0 Å². The third kappa shape index (κ3) is 5.95. The van der Waals surface area contributed by atoms with E-state index in [1.54, 1.807) is 0 Å². The fraction of sp³-hybridized carbons (Fsp3) is 0. The maximum atomic E-state index is 6.85. The Balaban J connectivity index is 0.901. The van der Waals surface area contributed by atoms with Crippen LogP contribution in [-0.2, 0) is 0 Å². The monoisotopic (exact) mass is 929 g/mol. The van der Waals surface area contributed by atoms with Crippen LogP contribution in [-0.4, -0.2) is 24.1 Å². The van der Waals surface area contributed by atoms with E-state index < -0.39 is 0 Å². The fourth-order valence-corrected chi connectivity index (χ4v) is 11.8. The molecule has 0 unspecified atom stereocenters. The van der Waals surface area contributed by atoms with Crippen LogP contribution in [0.1, 0.15) is 0 Å². The van der Waals surface area contributed by atoms with Gasteiger partial charge in [-0.25, -0.2) is 15.0 Å². The van der Waals surface area contributed by atoms with E-state index in [4.69, 9.17) is 19.4 Å². The lowest BCUT2D eigenvalue weighted by molar-refractivity contribution is 0.669. The summed E-state index contributed by atoms with van der Waals surface area (Å²) < 4.78 is 11.6. The van der Waals surface area contributed by atoms with E-state index in [1.807, 2.05) is 0 Å². The molecule has 0 saturated carbocycles. The molecule has 0 amide bonds. The smallest absolute Gasteiger partial charge is 0.164 e. The summed E-state index contributed by atoms with van der Waals surface area (Å²) in [7, 11) is 0. The standard InChI is InChI=1S/C67H39N5O/c1-2-19-46(20-3-1)71-56-26-11-10-23-51(56)63-53(25-13-27-57(63)71)67-69-65(68-66(70-67)50-24-12-18-40-14-6-8-21-48(40)50)45-29-33-52-61(38-45)73-60-35-31-42-28-32-47(39-54(42)64(52)60)72-58-34-30-41-15-7-9-22-49(41)62(58)55-36-43-16-4-5-17-44(43)37-59(55)72/h1-39H. The summed E-state index contributed by atoms with van der Waals surface area (Å²) in [5, 5.41) is 16.2. The Bertz CT molecular complexity index is 4980. The molecule has 12 aromatic carbocycles. The molecule has 6 nitrogen and oxygen atoms in total. The third-order valence-corrected chi connectivity index (χ3v) is 15.1. The maximum absolute atomic E-state index is 6.85. The Morgan fingerprint density at radius 1 is 0.274 bits per heavy atom. The highest BCUT2D eigenvalue weighted by atomic mass is 16.3. The van der Waals surface area contributed by atoms with Gasteiger partial charge in [-0.1, -0.05) is 164 Å². The number of hydrogen-bond donors (Lipinski definition) is 0. The molecule has 0 bridgehead atoms. The van der Waals surface area contributed by atoms with Crippen molar-refractivity contribution in [2.24, 2.45) is 0 Å². The zero-order valence-electron chi connectivity index (χ0n) is 39.2. The number of furan rings is 1. The summed E-state index contributed by atoms with van der Waals surface area (Å²) in [6.07, 6.45) is 0. The Labute approximate surface area is 417 Å². The number of rotatable bonds is 5. The fourth-order valence-electron chi connectivity index (χ4n) is 11.8. The van der Waals surface area contributed by atoms with Crippen molar-refractivity contribution >= 4 is 109 Å². The number of aromatic nitrogens is 5. The topological polar surface area (TPSA) is 61.7 Å². The van der Waals surface area contributed by atoms with Crippen molar-refractivity contribution < 1.29 is 4.42 Å². The zero-order valence-corrected chi connectivity index (χ0v) is 39.2. The number of fused-ring (bicyclic) bond motifs is 15. The molecule has 0 spiro atoms. The van der Waals surface area contributed by atoms with Crippen molar-refractivity contribution in [1.82, 2.24) is 24.1 Å². The van der Waals surface area contributed by atoms with Crippen LogP contribution in [0.2, 0.25) is 0 Å². The molecule has 4 heterocycles. The Morgan fingerprint density at radius 3 is 1.74 bits per heavy atom. The molecular formula is C67H39N5O. The first kappa shape index (κ1) is 39.9. The molecule has 0 atom stereocenters. The summed E-state index contributed by atoms with van der Waals surface area (Å²) in [4.78, 5) is 16.1. The summed E-state index contributed by atoms with van der Waals surface area (Å²) >= 11 is 0. The first-order valence-corrected chi connectivity index (χ1v) is 24.8. The summed E-state index contributed by atoms with van der Waals surface area (Å²) in [5.74, 6) is 1.77. The summed E-state index contributed by atoms with van der Waals surface area (Å²) in [6.45, 7) is 0. The molecule has 338 valence electrons. The van der Waals surface area contributed by atoms with E-state index in [0.717, 1.165) is 93.4 Å². The van der Waals surface area contributed by atoms with E-state index in [2.05, 4.69) is 246 Å². The number of para-hydroxylation sites is 2. The molecule has 0 aliphatic rings.